The van der Waals surface area contributed by atoms with Crippen LogP contribution in [0.25, 0.3) is 0 Å². The molecule has 0 radical (unpaired) electrons. The molecule has 0 saturated heterocycles. The lowest BCUT2D eigenvalue weighted by Crippen LogP contribution is -2.23. The average molecular weight is 372 g/mol. The molecule has 2 aromatic carbocycles. The van der Waals surface area contributed by atoms with Crippen molar-refractivity contribution in [2.45, 2.75) is 6.18 Å². The molecule has 0 aliphatic heterocycles. The second-order valence-electron chi connectivity index (χ2n) is 4.34. The Balaban J connectivity index is 2.21. The Kier molecular flexibility index (Phi) is 4.65. The third-order valence-electron chi connectivity index (χ3n) is 2.77. The van der Waals surface area contributed by atoms with E-state index in [1.54, 1.807) is 18.2 Å². The summed E-state index contributed by atoms with van der Waals surface area (Å²) in [4.78, 5) is 23.7. The van der Waals surface area contributed by atoms with Crippen LogP contribution in [0.3, 0.4) is 0 Å². The second kappa shape index (κ2) is 6.31. The van der Waals surface area contributed by atoms with Gasteiger partial charge in [-0.15, -0.1) is 0 Å². The van der Waals surface area contributed by atoms with Gasteiger partial charge in [-0.25, -0.2) is 0 Å². The number of amides is 1. The van der Waals surface area contributed by atoms with Gasteiger partial charge < -0.3 is 5.32 Å². The minimum absolute atomic E-state index is 0.107. The molecule has 0 bridgehead atoms. The van der Waals surface area contributed by atoms with E-state index in [0.29, 0.717) is 0 Å². The van der Waals surface area contributed by atoms with Crippen LogP contribution >= 0.6 is 15.9 Å². The molecule has 1 N–H and O–H groups in total. The standard InChI is InChI=1S/C15H9BrF3NO2/c16-12-7-6-10(8-11(12)15(17,18)19)20-14(22)13(21)9-4-2-1-3-5-9/h1-8H,(H,20,22). The van der Waals surface area contributed by atoms with Gasteiger partial charge in [-0.1, -0.05) is 46.3 Å². The third kappa shape index (κ3) is 3.73. The fourth-order valence-electron chi connectivity index (χ4n) is 1.73. The van der Waals surface area contributed by atoms with Crippen LogP contribution in [-0.4, -0.2) is 11.7 Å². The number of hydrogen-bond acceptors (Lipinski definition) is 2. The maximum absolute atomic E-state index is 12.8. The van der Waals surface area contributed by atoms with Gasteiger partial charge in [0.25, 0.3) is 11.7 Å². The summed E-state index contributed by atoms with van der Waals surface area (Å²) >= 11 is 2.80. The van der Waals surface area contributed by atoms with Crippen LogP contribution in [-0.2, 0) is 11.0 Å². The SMILES string of the molecule is O=C(Nc1ccc(Br)c(C(F)(F)F)c1)C(=O)c1ccccc1. The van der Waals surface area contributed by atoms with E-state index in [2.05, 4.69) is 21.2 Å². The van der Waals surface area contributed by atoms with Crippen molar-refractivity contribution in [3.8, 4) is 0 Å². The van der Waals surface area contributed by atoms with Crippen molar-refractivity contribution >= 4 is 33.3 Å². The van der Waals surface area contributed by atoms with Crippen molar-refractivity contribution in [2.75, 3.05) is 5.32 Å². The second-order valence-corrected chi connectivity index (χ2v) is 5.20. The summed E-state index contributed by atoms with van der Waals surface area (Å²) in [5.74, 6) is -1.82. The number of halogens is 4. The highest BCUT2D eigenvalue weighted by molar-refractivity contribution is 9.10. The molecule has 2 rings (SSSR count). The number of hydrogen-bond donors (Lipinski definition) is 1. The van der Waals surface area contributed by atoms with Gasteiger partial charge in [0.15, 0.2) is 0 Å². The lowest BCUT2D eigenvalue weighted by atomic mass is 10.1. The van der Waals surface area contributed by atoms with E-state index < -0.39 is 23.4 Å². The summed E-state index contributed by atoms with van der Waals surface area (Å²) in [7, 11) is 0. The minimum atomic E-state index is -4.57. The van der Waals surface area contributed by atoms with Gasteiger partial charge in [0.2, 0.25) is 0 Å². The Bertz CT molecular complexity index is 714. The van der Waals surface area contributed by atoms with Crippen LogP contribution in [0.15, 0.2) is 53.0 Å². The topological polar surface area (TPSA) is 46.2 Å². The summed E-state index contributed by atoms with van der Waals surface area (Å²) < 4.78 is 38.2. The van der Waals surface area contributed by atoms with Crippen LogP contribution in [0.5, 0.6) is 0 Å². The predicted molar refractivity (Wildman–Crippen MR) is 78.5 cm³/mol. The monoisotopic (exact) mass is 371 g/mol. The first-order valence-electron chi connectivity index (χ1n) is 6.06. The Morgan fingerprint density at radius 2 is 1.64 bits per heavy atom. The highest BCUT2D eigenvalue weighted by atomic mass is 79.9. The lowest BCUT2D eigenvalue weighted by molar-refractivity contribution is -0.138. The third-order valence-corrected chi connectivity index (χ3v) is 3.46. The van der Waals surface area contributed by atoms with E-state index in [9.17, 15) is 22.8 Å². The van der Waals surface area contributed by atoms with Gasteiger partial charge in [0.1, 0.15) is 0 Å². The number of carbonyl (C=O) groups is 2. The van der Waals surface area contributed by atoms with Crippen LogP contribution in [0, 0.1) is 0 Å². The molecule has 22 heavy (non-hydrogen) atoms. The Morgan fingerprint density at radius 3 is 2.23 bits per heavy atom. The van der Waals surface area contributed by atoms with Crippen molar-refractivity contribution in [1.29, 1.82) is 0 Å². The van der Waals surface area contributed by atoms with Crippen LogP contribution < -0.4 is 5.32 Å². The van der Waals surface area contributed by atoms with Crippen molar-refractivity contribution in [3.63, 3.8) is 0 Å². The van der Waals surface area contributed by atoms with Crippen molar-refractivity contribution in [3.05, 3.63) is 64.1 Å². The molecule has 0 aliphatic carbocycles. The van der Waals surface area contributed by atoms with Crippen molar-refractivity contribution in [2.24, 2.45) is 0 Å². The largest absolute Gasteiger partial charge is 0.417 e. The zero-order valence-corrected chi connectivity index (χ0v) is 12.5. The molecule has 2 aromatic rings. The molecule has 0 unspecified atom stereocenters. The van der Waals surface area contributed by atoms with E-state index in [0.717, 1.165) is 12.1 Å². The summed E-state index contributed by atoms with van der Waals surface area (Å²) in [6.07, 6.45) is -4.57. The van der Waals surface area contributed by atoms with Gasteiger partial charge in [0.05, 0.1) is 5.56 Å². The fourth-order valence-corrected chi connectivity index (χ4v) is 2.20. The minimum Gasteiger partial charge on any atom is -0.319 e. The van der Waals surface area contributed by atoms with E-state index in [1.807, 2.05) is 0 Å². The Labute approximate surface area is 132 Å². The molecule has 1 amide bonds. The lowest BCUT2D eigenvalue weighted by Gasteiger charge is -2.11. The number of anilines is 1. The van der Waals surface area contributed by atoms with Gasteiger partial charge >= 0.3 is 6.18 Å². The molecule has 0 atom stereocenters. The first-order chi connectivity index (χ1) is 10.3. The number of carbonyl (C=O) groups excluding carboxylic acids is 2. The number of Topliss-reactive ketones (excluding diaryl/α,β-unsaturated/α-hetero) is 1. The molecule has 0 fully saturated rings. The van der Waals surface area contributed by atoms with Gasteiger partial charge in [-0.3, -0.25) is 9.59 Å². The molecule has 0 spiro atoms. The zero-order chi connectivity index (χ0) is 16.3. The molecule has 0 saturated carbocycles. The van der Waals surface area contributed by atoms with Gasteiger partial charge in [-0.05, 0) is 18.2 Å². The van der Waals surface area contributed by atoms with Crippen LogP contribution in [0.1, 0.15) is 15.9 Å². The van der Waals surface area contributed by atoms with E-state index in [-0.39, 0.29) is 15.7 Å². The summed E-state index contributed by atoms with van der Waals surface area (Å²) in [5.41, 5.74) is -0.879. The molecular formula is C15H9BrF3NO2. The maximum atomic E-state index is 12.8. The molecule has 0 aliphatic rings. The van der Waals surface area contributed by atoms with Gasteiger partial charge in [0, 0.05) is 15.7 Å². The first-order valence-corrected chi connectivity index (χ1v) is 6.86. The molecule has 3 nitrogen and oxygen atoms in total. The van der Waals surface area contributed by atoms with Crippen LogP contribution in [0.4, 0.5) is 18.9 Å². The van der Waals surface area contributed by atoms with E-state index in [4.69, 9.17) is 0 Å². The number of ketones is 1. The molecular weight excluding hydrogens is 363 g/mol. The quantitative estimate of drug-likeness (QED) is 0.646. The fraction of sp³-hybridized carbons (Fsp3) is 0.0667. The van der Waals surface area contributed by atoms with E-state index in [1.165, 1.54) is 18.2 Å². The maximum Gasteiger partial charge on any atom is 0.417 e. The highest BCUT2D eigenvalue weighted by Gasteiger charge is 2.33. The molecule has 7 heteroatoms. The summed E-state index contributed by atoms with van der Waals surface area (Å²) in [6.45, 7) is 0. The Morgan fingerprint density at radius 1 is 1.00 bits per heavy atom. The zero-order valence-electron chi connectivity index (χ0n) is 10.9. The summed E-state index contributed by atoms with van der Waals surface area (Å²) in [6, 6.07) is 10.9. The molecule has 114 valence electrons. The number of alkyl halides is 3. The average Bonchev–Trinajstić information content (AvgIpc) is 2.48. The normalized spacial score (nSPS) is 11.1. The number of benzene rings is 2. The van der Waals surface area contributed by atoms with Crippen molar-refractivity contribution < 1.29 is 22.8 Å². The summed E-state index contributed by atoms with van der Waals surface area (Å²) in [5, 5.41) is 2.17. The molecule has 0 heterocycles. The first kappa shape index (κ1) is 16.2. The van der Waals surface area contributed by atoms with Gasteiger partial charge in [-0.2, -0.15) is 13.2 Å². The van der Waals surface area contributed by atoms with Crippen molar-refractivity contribution in [1.82, 2.24) is 0 Å². The Hall–Kier alpha value is -2.15. The number of nitrogens with one attached hydrogen (secondary N) is 1. The smallest absolute Gasteiger partial charge is 0.319 e. The number of rotatable bonds is 3. The molecule has 0 aromatic heterocycles. The van der Waals surface area contributed by atoms with E-state index >= 15 is 0 Å². The van der Waals surface area contributed by atoms with Crippen LogP contribution in [0.2, 0.25) is 0 Å². The predicted octanol–water partition coefficient (Wildman–Crippen LogP) is 4.29. The highest BCUT2D eigenvalue weighted by Crippen LogP contribution is 2.36.